The molecule has 2 atom stereocenters. The van der Waals surface area contributed by atoms with Crippen molar-refractivity contribution in [2.45, 2.75) is 71.3 Å². The molecule has 22 heavy (non-hydrogen) atoms. The summed E-state index contributed by atoms with van der Waals surface area (Å²) in [5.74, 6) is 0.898. The van der Waals surface area contributed by atoms with E-state index >= 15 is 0 Å². The Balaban J connectivity index is 2.10. The van der Waals surface area contributed by atoms with Gasteiger partial charge in [-0.3, -0.25) is 0 Å². The third-order valence-electron chi connectivity index (χ3n) is 6.02. The van der Waals surface area contributed by atoms with Gasteiger partial charge in [-0.15, -0.1) is 0 Å². The van der Waals surface area contributed by atoms with Crippen LogP contribution in [-0.4, -0.2) is 5.26 Å². The molecule has 0 saturated heterocycles. The van der Waals surface area contributed by atoms with Crippen molar-refractivity contribution >= 4 is 0 Å². The van der Waals surface area contributed by atoms with E-state index in [-0.39, 0.29) is 5.41 Å². The van der Waals surface area contributed by atoms with Crippen LogP contribution < -0.4 is 0 Å². The molecule has 3 nitrogen and oxygen atoms in total. The minimum absolute atomic E-state index is 0.200. The monoisotopic (exact) mass is 304 g/mol. The lowest BCUT2D eigenvalue weighted by molar-refractivity contribution is -0.541. The maximum absolute atomic E-state index is 9.07. The number of hydrogen-bond donors (Lipinski definition) is 1. The zero-order valence-corrected chi connectivity index (χ0v) is 14.2. The third-order valence-corrected chi connectivity index (χ3v) is 6.02. The number of hydrogen-bond acceptors (Lipinski definition) is 3. The molecule has 1 aromatic rings. The molecule has 2 aliphatic rings. The number of fused-ring (bicyclic) bond motifs is 3. The summed E-state index contributed by atoms with van der Waals surface area (Å²) in [6.45, 7) is 9.08. The van der Waals surface area contributed by atoms with E-state index in [2.05, 4.69) is 50.9 Å². The van der Waals surface area contributed by atoms with E-state index in [9.17, 15) is 0 Å². The zero-order chi connectivity index (χ0) is 16.0. The number of benzene rings is 1. The van der Waals surface area contributed by atoms with Crippen LogP contribution in [0.25, 0.3) is 0 Å². The minimum Gasteiger partial charge on any atom is -0.221 e. The Morgan fingerprint density at radius 2 is 2.00 bits per heavy atom. The first-order chi connectivity index (χ1) is 10.4. The molecule has 2 aliphatic carbocycles. The summed E-state index contributed by atoms with van der Waals surface area (Å²) in [5, 5.41) is 13.3. The van der Waals surface area contributed by atoms with Gasteiger partial charge in [0.2, 0.25) is 0 Å². The van der Waals surface area contributed by atoms with Crippen LogP contribution in [0.3, 0.4) is 0 Å². The predicted octanol–water partition coefficient (Wildman–Crippen LogP) is 5.20. The highest BCUT2D eigenvalue weighted by atomic mass is 17.5. The van der Waals surface area contributed by atoms with Gasteiger partial charge >= 0.3 is 0 Å². The fourth-order valence-electron chi connectivity index (χ4n) is 4.84. The highest BCUT2D eigenvalue weighted by Gasteiger charge is 2.54. The van der Waals surface area contributed by atoms with Gasteiger partial charge in [0.15, 0.2) is 0 Å². The Hall–Kier alpha value is -0.900. The molecular formula is C19H28O3. The molecule has 3 heteroatoms. The van der Waals surface area contributed by atoms with Crippen molar-refractivity contribution in [1.82, 2.24) is 0 Å². The molecule has 0 aliphatic heterocycles. The van der Waals surface area contributed by atoms with Crippen LogP contribution in [0.1, 0.15) is 76.0 Å². The van der Waals surface area contributed by atoms with E-state index in [4.69, 9.17) is 10.1 Å². The van der Waals surface area contributed by atoms with Crippen molar-refractivity contribution in [3.8, 4) is 0 Å². The summed E-state index contributed by atoms with van der Waals surface area (Å²) in [6, 6.07) is 6.73. The molecule has 0 spiro atoms. The molecule has 1 aromatic carbocycles. The Morgan fingerprint density at radius 1 is 1.23 bits per heavy atom. The van der Waals surface area contributed by atoms with E-state index in [1.54, 1.807) is 0 Å². The Morgan fingerprint density at radius 3 is 2.68 bits per heavy atom. The smallest absolute Gasteiger partial charge is 0.135 e. The van der Waals surface area contributed by atoms with Crippen molar-refractivity contribution in [2.24, 2.45) is 11.3 Å². The molecule has 2 unspecified atom stereocenters. The van der Waals surface area contributed by atoms with Crippen molar-refractivity contribution < 1.29 is 15.2 Å². The predicted molar refractivity (Wildman–Crippen MR) is 86.5 cm³/mol. The van der Waals surface area contributed by atoms with Gasteiger partial charge in [0.1, 0.15) is 5.60 Å². The summed E-state index contributed by atoms with van der Waals surface area (Å²) in [7, 11) is 0. The normalized spacial score (nSPS) is 30.0. The van der Waals surface area contributed by atoms with E-state index in [0.29, 0.717) is 11.8 Å². The van der Waals surface area contributed by atoms with Gasteiger partial charge in [-0.1, -0.05) is 50.9 Å². The maximum atomic E-state index is 9.07. The van der Waals surface area contributed by atoms with E-state index in [1.807, 2.05) is 0 Å². The molecule has 1 fully saturated rings. The van der Waals surface area contributed by atoms with Crippen LogP contribution in [-0.2, 0) is 21.9 Å². The summed E-state index contributed by atoms with van der Waals surface area (Å²) >= 11 is 0. The van der Waals surface area contributed by atoms with Gasteiger partial charge < -0.3 is 0 Å². The quantitative estimate of drug-likeness (QED) is 0.616. The lowest BCUT2D eigenvalue weighted by atomic mass is 9.55. The van der Waals surface area contributed by atoms with Crippen molar-refractivity contribution in [3.63, 3.8) is 0 Å². The lowest BCUT2D eigenvalue weighted by Crippen LogP contribution is -2.51. The summed E-state index contributed by atoms with van der Waals surface area (Å²) in [4.78, 5) is 5.59. The van der Waals surface area contributed by atoms with Crippen molar-refractivity contribution in [1.29, 1.82) is 0 Å². The molecule has 0 bridgehead atoms. The van der Waals surface area contributed by atoms with Crippen LogP contribution in [0.4, 0.5) is 0 Å². The summed E-state index contributed by atoms with van der Waals surface area (Å²) in [5.41, 5.74) is 3.64. The molecule has 0 heterocycles. The molecule has 1 saturated carbocycles. The van der Waals surface area contributed by atoms with Gasteiger partial charge in [0.05, 0.1) is 0 Å². The van der Waals surface area contributed by atoms with Crippen LogP contribution in [0.2, 0.25) is 0 Å². The molecule has 122 valence electrons. The minimum atomic E-state index is -0.500. The molecule has 3 rings (SSSR count). The van der Waals surface area contributed by atoms with Crippen LogP contribution in [0.15, 0.2) is 18.2 Å². The molecule has 0 radical (unpaired) electrons. The molecule has 1 N–H and O–H groups in total. The van der Waals surface area contributed by atoms with Gasteiger partial charge in [-0.2, -0.15) is 4.89 Å². The average Bonchev–Trinajstić information content (AvgIpc) is 2.46. The standard InChI is InChI=1S/C19H28O3/c1-13(2)14-6-8-16-15(12-14)7-9-17-18(3,4)10-5-11-19(16,17)21-22-20/h6,8,12-13,17,20H,5,7,9-11H2,1-4H3. The number of aryl methyl sites for hydroxylation is 1. The Labute approximate surface area is 133 Å². The second-order valence-electron chi connectivity index (χ2n) is 8.05. The average molecular weight is 304 g/mol. The SMILES string of the molecule is CC(C)c1ccc2c(c1)CCC1C(C)(C)CCCC21OOO. The van der Waals surface area contributed by atoms with Crippen LogP contribution >= 0.6 is 0 Å². The largest absolute Gasteiger partial charge is 0.221 e. The van der Waals surface area contributed by atoms with Gasteiger partial charge in [0, 0.05) is 5.92 Å². The van der Waals surface area contributed by atoms with Crippen LogP contribution in [0, 0.1) is 11.3 Å². The fourth-order valence-corrected chi connectivity index (χ4v) is 4.84. The van der Waals surface area contributed by atoms with Crippen molar-refractivity contribution in [2.75, 3.05) is 0 Å². The maximum Gasteiger partial charge on any atom is 0.135 e. The molecule has 0 amide bonds. The van der Waals surface area contributed by atoms with Crippen molar-refractivity contribution in [3.05, 3.63) is 34.9 Å². The second-order valence-corrected chi connectivity index (χ2v) is 8.05. The fraction of sp³-hybridized carbons (Fsp3) is 0.684. The molecular weight excluding hydrogens is 276 g/mol. The Kier molecular flexibility index (Phi) is 4.09. The highest BCUT2D eigenvalue weighted by molar-refractivity contribution is 5.41. The number of rotatable bonds is 3. The first kappa shape index (κ1) is 16.0. The first-order valence-corrected chi connectivity index (χ1v) is 8.53. The highest BCUT2D eigenvalue weighted by Crippen LogP contribution is 2.57. The lowest BCUT2D eigenvalue weighted by Gasteiger charge is -2.53. The summed E-state index contributed by atoms with van der Waals surface area (Å²) in [6.07, 6.45) is 5.38. The van der Waals surface area contributed by atoms with E-state index in [1.165, 1.54) is 23.1 Å². The zero-order valence-electron chi connectivity index (χ0n) is 14.2. The second kappa shape index (κ2) is 5.63. The molecule has 0 aromatic heterocycles. The van der Waals surface area contributed by atoms with E-state index < -0.39 is 5.60 Å². The van der Waals surface area contributed by atoms with E-state index in [0.717, 1.165) is 25.7 Å². The van der Waals surface area contributed by atoms with Gasteiger partial charge in [-0.05, 0) is 60.1 Å². The third kappa shape index (κ3) is 2.40. The topological polar surface area (TPSA) is 38.7 Å². The summed E-state index contributed by atoms with van der Waals surface area (Å²) < 4.78 is 0. The Bertz CT molecular complexity index is 546. The van der Waals surface area contributed by atoms with Gasteiger partial charge in [-0.25, -0.2) is 5.26 Å². The van der Waals surface area contributed by atoms with Crippen LogP contribution in [0.5, 0.6) is 0 Å². The first-order valence-electron chi connectivity index (χ1n) is 8.53. The van der Waals surface area contributed by atoms with Gasteiger partial charge in [0.25, 0.3) is 0 Å².